The molecule has 1 aromatic rings. The van der Waals surface area contributed by atoms with Crippen LogP contribution in [0.25, 0.3) is 0 Å². The molecule has 112 valence electrons. The van der Waals surface area contributed by atoms with Crippen LogP contribution in [0.3, 0.4) is 0 Å². The van der Waals surface area contributed by atoms with Gasteiger partial charge in [-0.15, -0.1) is 0 Å². The first-order valence-corrected chi connectivity index (χ1v) is 7.28. The van der Waals surface area contributed by atoms with E-state index in [1.807, 2.05) is 13.8 Å². The van der Waals surface area contributed by atoms with E-state index in [2.05, 4.69) is 0 Å². The molecule has 0 spiro atoms. The largest absolute Gasteiger partial charge is 0.484 e. The Bertz CT molecular complexity index is 421. The van der Waals surface area contributed by atoms with Crippen LogP contribution in [-0.2, 0) is 4.79 Å². The lowest BCUT2D eigenvalue weighted by Gasteiger charge is -2.30. The Morgan fingerprint density at radius 3 is 2.65 bits per heavy atom. The summed E-state index contributed by atoms with van der Waals surface area (Å²) in [6, 6.07) is 7.08. The molecule has 0 aliphatic carbocycles. The summed E-state index contributed by atoms with van der Waals surface area (Å²) in [4.78, 5) is 13.9. The molecule has 1 rings (SSSR count). The number of amides is 1. The van der Waals surface area contributed by atoms with Crippen molar-refractivity contribution >= 4 is 17.5 Å². The van der Waals surface area contributed by atoms with Crippen molar-refractivity contribution in [2.24, 2.45) is 0 Å². The van der Waals surface area contributed by atoms with Gasteiger partial charge in [0.1, 0.15) is 5.75 Å². The molecule has 5 heteroatoms. The second-order valence-corrected chi connectivity index (χ2v) is 4.96. The van der Waals surface area contributed by atoms with Crippen LogP contribution in [0, 0.1) is 0 Å². The summed E-state index contributed by atoms with van der Waals surface area (Å²) in [6.07, 6.45) is 1.72. The van der Waals surface area contributed by atoms with Gasteiger partial charge in [-0.2, -0.15) is 0 Å². The van der Waals surface area contributed by atoms with Crippen molar-refractivity contribution in [1.82, 2.24) is 4.90 Å². The molecule has 0 aliphatic rings. The Morgan fingerprint density at radius 1 is 1.40 bits per heavy atom. The SMILES string of the molecule is CCC(CC)N(CCO)C(=O)COc1cccc(Cl)c1. The first-order chi connectivity index (χ1) is 9.62. The number of halogens is 1. The fraction of sp³-hybridized carbons (Fsp3) is 0.533. The van der Waals surface area contributed by atoms with Crippen molar-refractivity contribution in [3.63, 3.8) is 0 Å². The smallest absolute Gasteiger partial charge is 0.260 e. The Labute approximate surface area is 125 Å². The normalized spacial score (nSPS) is 10.7. The van der Waals surface area contributed by atoms with Crippen LogP contribution in [0.1, 0.15) is 26.7 Å². The molecule has 1 N–H and O–H groups in total. The number of rotatable bonds is 8. The first kappa shape index (κ1) is 16.8. The molecule has 0 radical (unpaired) electrons. The highest BCUT2D eigenvalue weighted by Gasteiger charge is 2.20. The summed E-state index contributed by atoms with van der Waals surface area (Å²) in [5.74, 6) is 0.451. The fourth-order valence-electron chi connectivity index (χ4n) is 2.13. The molecule has 0 atom stereocenters. The number of carbonyl (C=O) groups is 1. The third-order valence-corrected chi connectivity index (χ3v) is 3.44. The van der Waals surface area contributed by atoms with Crippen LogP contribution >= 0.6 is 11.6 Å². The molecule has 4 nitrogen and oxygen atoms in total. The van der Waals surface area contributed by atoms with Crippen molar-refractivity contribution in [3.05, 3.63) is 29.3 Å². The summed E-state index contributed by atoms with van der Waals surface area (Å²) < 4.78 is 5.46. The molecular formula is C15H22ClNO3. The van der Waals surface area contributed by atoms with Gasteiger partial charge in [-0.25, -0.2) is 0 Å². The van der Waals surface area contributed by atoms with Gasteiger partial charge in [0.2, 0.25) is 0 Å². The highest BCUT2D eigenvalue weighted by Crippen LogP contribution is 2.17. The Balaban J connectivity index is 2.62. The predicted molar refractivity (Wildman–Crippen MR) is 80.1 cm³/mol. The maximum absolute atomic E-state index is 12.2. The number of benzene rings is 1. The van der Waals surface area contributed by atoms with E-state index in [1.165, 1.54) is 0 Å². The summed E-state index contributed by atoms with van der Waals surface area (Å²) in [5.41, 5.74) is 0. The van der Waals surface area contributed by atoms with E-state index >= 15 is 0 Å². The second kappa shape index (κ2) is 8.82. The second-order valence-electron chi connectivity index (χ2n) is 4.53. The van der Waals surface area contributed by atoms with E-state index in [1.54, 1.807) is 29.2 Å². The van der Waals surface area contributed by atoms with E-state index in [4.69, 9.17) is 21.4 Å². The molecular weight excluding hydrogens is 278 g/mol. The van der Waals surface area contributed by atoms with Gasteiger partial charge in [0.05, 0.1) is 6.61 Å². The Morgan fingerprint density at radius 2 is 2.10 bits per heavy atom. The van der Waals surface area contributed by atoms with Crippen molar-refractivity contribution in [2.45, 2.75) is 32.7 Å². The highest BCUT2D eigenvalue weighted by atomic mass is 35.5. The van der Waals surface area contributed by atoms with E-state index < -0.39 is 0 Å². The van der Waals surface area contributed by atoms with Gasteiger partial charge in [0.15, 0.2) is 6.61 Å². The standard InChI is InChI=1S/C15H22ClNO3/c1-3-13(4-2)17(8-9-18)15(19)11-20-14-7-5-6-12(16)10-14/h5-7,10,13,18H,3-4,8-9,11H2,1-2H3. The first-order valence-electron chi connectivity index (χ1n) is 6.91. The summed E-state index contributed by atoms with van der Waals surface area (Å²) in [5, 5.41) is 9.67. The highest BCUT2D eigenvalue weighted by molar-refractivity contribution is 6.30. The molecule has 0 saturated heterocycles. The van der Waals surface area contributed by atoms with Gasteiger partial charge in [-0.3, -0.25) is 4.79 Å². The zero-order chi connectivity index (χ0) is 15.0. The van der Waals surface area contributed by atoms with E-state index in [9.17, 15) is 4.79 Å². The summed E-state index contributed by atoms with van der Waals surface area (Å²) >= 11 is 5.86. The monoisotopic (exact) mass is 299 g/mol. The van der Waals surface area contributed by atoms with Crippen LogP contribution in [0.5, 0.6) is 5.75 Å². The molecule has 1 aromatic carbocycles. The molecule has 0 bridgehead atoms. The summed E-state index contributed by atoms with van der Waals surface area (Å²) in [6.45, 7) is 4.31. The lowest BCUT2D eigenvalue weighted by atomic mass is 10.1. The van der Waals surface area contributed by atoms with Crippen molar-refractivity contribution in [1.29, 1.82) is 0 Å². The number of ether oxygens (including phenoxy) is 1. The average Bonchev–Trinajstić information content (AvgIpc) is 2.45. The van der Waals surface area contributed by atoms with Crippen LogP contribution in [0.15, 0.2) is 24.3 Å². The van der Waals surface area contributed by atoms with Gasteiger partial charge >= 0.3 is 0 Å². The van der Waals surface area contributed by atoms with Crippen LogP contribution in [0.2, 0.25) is 5.02 Å². The van der Waals surface area contributed by atoms with Gasteiger partial charge in [0.25, 0.3) is 5.91 Å². The number of hydrogen-bond acceptors (Lipinski definition) is 3. The maximum atomic E-state index is 12.2. The van der Waals surface area contributed by atoms with Crippen LogP contribution in [0.4, 0.5) is 0 Å². The predicted octanol–water partition coefficient (Wildman–Crippen LogP) is 2.73. The number of carbonyl (C=O) groups excluding carboxylic acids is 1. The van der Waals surface area contributed by atoms with E-state index in [0.717, 1.165) is 12.8 Å². The number of hydrogen-bond donors (Lipinski definition) is 1. The average molecular weight is 300 g/mol. The Kier molecular flexibility index (Phi) is 7.41. The third kappa shape index (κ3) is 5.02. The molecule has 0 heterocycles. The van der Waals surface area contributed by atoms with E-state index in [0.29, 0.717) is 17.3 Å². The molecule has 1 amide bonds. The molecule has 0 aromatic heterocycles. The minimum absolute atomic E-state index is 0.0423. The topological polar surface area (TPSA) is 49.8 Å². The van der Waals surface area contributed by atoms with Crippen molar-refractivity contribution in [3.8, 4) is 5.75 Å². The van der Waals surface area contributed by atoms with E-state index in [-0.39, 0.29) is 25.2 Å². The summed E-state index contributed by atoms with van der Waals surface area (Å²) in [7, 11) is 0. The van der Waals surface area contributed by atoms with Gasteiger partial charge in [-0.05, 0) is 31.0 Å². The quantitative estimate of drug-likeness (QED) is 0.803. The maximum Gasteiger partial charge on any atom is 0.260 e. The molecule has 0 fully saturated rings. The lowest BCUT2D eigenvalue weighted by molar-refractivity contribution is -0.136. The fourth-order valence-corrected chi connectivity index (χ4v) is 2.31. The number of nitrogens with zero attached hydrogens (tertiary/aromatic N) is 1. The molecule has 0 aliphatic heterocycles. The number of aliphatic hydroxyl groups excluding tert-OH is 1. The van der Waals surface area contributed by atoms with Gasteiger partial charge < -0.3 is 14.7 Å². The third-order valence-electron chi connectivity index (χ3n) is 3.20. The molecule has 20 heavy (non-hydrogen) atoms. The van der Waals surface area contributed by atoms with Crippen LogP contribution in [-0.4, -0.2) is 41.7 Å². The number of aliphatic hydroxyl groups is 1. The van der Waals surface area contributed by atoms with Crippen molar-refractivity contribution in [2.75, 3.05) is 19.8 Å². The van der Waals surface area contributed by atoms with Crippen LogP contribution < -0.4 is 4.74 Å². The van der Waals surface area contributed by atoms with Gasteiger partial charge in [0, 0.05) is 17.6 Å². The lowest BCUT2D eigenvalue weighted by Crippen LogP contribution is -2.43. The Hall–Kier alpha value is -1.26. The molecule has 0 unspecified atom stereocenters. The van der Waals surface area contributed by atoms with Crippen molar-refractivity contribution < 1.29 is 14.6 Å². The minimum Gasteiger partial charge on any atom is -0.484 e. The zero-order valence-electron chi connectivity index (χ0n) is 12.0. The molecule has 0 saturated carbocycles. The van der Waals surface area contributed by atoms with Gasteiger partial charge in [-0.1, -0.05) is 31.5 Å². The zero-order valence-corrected chi connectivity index (χ0v) is 12.8. The minimum atomic E-state index is -0.118.